The van der Waals surface area contributed by atoms with Crippen LogP contribution in [0.25, 0.3) is 11.3 Å². The number of carbonyl (C=O) groups excluding carboxylic acids is 1. The summed E-state index contributed by atoms with van der Waals surface area (Å²) in [6, 6.07) is 10.2. The van der Waals surface area contributed by atoms with Gasteiger partial charge in [0.05, 0.1) is 11.7 Å². The second-order valence-electron chi connectivity index (χ2n) is 6.49. The lowest BCUT2D eigenvalue weighted by Gasteiger charge is -2.22. The maximum Gasteiger partial charge on any atom is 0.277 e. The van der Waals surface area contributed by atoms with Crippen LogP contribution in [0.5, 0.6) is 0 Å². The largest absolute Gasteiger partial charge is 0.315 e. The maximum absolute atomic E-state index is 12.5. The van der Waals surface area contributed by atoms with Crippen LogP contribution in [0.1, 0.15) is 34.9 Å². The molecule has 1 amide bonds. The number of aryl methyl sites for hydroxylation is 1. The molecule has 8 heteroatoms. The number of piperidine rings is 1. The van der Waals surface area contributed by atoms with Crippen molar-refractivity contribution in [2.24, 2.45) is 0 Å². The van der Waals surface area contributed by atoms with Crippen LogP contribution < -0.4 is 10.6 Å². The minimum Gasteiger partial charge on any atom is -0.315 e. The molecule has 4 rings (SSSR count). The van der Waals surface area contributed by atoms with Gasteiger partial charge in [0.2, 0.25) is 0 Å². The molecule has 1 unspecified atom stereocenters. The quantitative estimate of drug-likeness (QED) is 0.692. The number of nitrogens with one attached hydrogen (secondary N) is 2. The molecule has 2 aromatic heterocycles. The van der Waals surface area contributed by atoms with Crippen molar-refractivity contribution in [2.45, 2.75) is 25.8 Å². The van der Waals surface area contributed by atoms with E-state index in [4.69, 9.17) is 0 Å². The third-order valence-corrected chi connectivity index (χ3v) is 5.39. The summed E-state index contributed by atoms with van der Waals surface area (Å²) in [6.07, 6.45) is 4.10. The van der Waals surface area contributed by atoms with Gasteiger partial charge in [0.1, 0.15) is 0 Å². The van der Waals surface area contributed by atoms with Crippen molar-refractivity contribution in [3.05, 3.63) is 53.2 Å². The normalized spacial score (nSPS) is 16.6. The Morgan fingerprint density at radius 3 is 2.96 bits per heavy atom. The van der Waals surface area contributed by atoms with E-state index in [0.717, 1.165) is 42.8 Å². The first-order valence-corrected chi connectivity index (χ1v) is 9.67. The molecular weight excluding hydrogens is 382 g/mol. The first-order chi connectivity index (χ1) is 12.7. The standard InChI is InChI=1S/C19H21N5OS.ClH/c1-13-5-2-3-7-15(13)17-12-26-19(21-17)22-18(25)16-8-10-24(23-16)14-6-4-9-20-11-14;/h2-3,5,7-8,10,12,14,20H,4,6,9,11H2,1H3,(H,21,22,25);1H. The molecule has 0 radical (unpaired) electrons. The van der Waals surface area contributed by atoms with Crippen LogP contribution in [0.3, 0.4) is 0 Å². The van der Waals surface area contributed by atoms with Crippen molar-refractivity contribution in [1.29, 1.82) is 0 Å². The Bertz CT molecular complexity index is 916. The zero-order valence-electron chi connectivity index (χ0n) is 15.0. The van der Waals surface area contributed by atoms with Crippen LogP contribution in [0.2, 0.25) is 0 Å². The van der Waals surface area contributed by atoms with E-state index in [0.29, 0.717) is 16.9 Å². The summed E-state index contributed by atoms with van der Waals surface area (Å²) in [6.45, 7) is 4.01. The highest BCUT2D eigenvalue weighted by Gasteiger charge is 2.18. The second kappa shape index (κ2) is 8.65. The number of hydrogen-bond acceptors (Lipinski definition) is 5. The third kappa shape index (κ3) is 4.37. The highest BCUT2D eigenvalue weighted by Crippen LogP contribution is 2.27. The highest BCUT2D eigenvalue weighted by molar-refractivity contribution is 7.14. The Morgan fingerprint density at radius 2 is 2.19 bits per heavy atom. The molecule has 3 heterocycles. The number of anilines is 1. The molecule has 1 aromatic carbocycles. The molecule has 27 heavy (non-hydrogen) atoms. The van der Waals surface area contributed by atoms with E-state index < -0.39 is 0 Å². The molecule has 1 aliphatic rings. The van der Waals surface area contributed by atoms with E-state index in [-0.39, 0.29) is 18.3 Å². The third-order valence-electron chi connectivity index (χ3n) is 4.63. The first-order valence-electron chi connectivity index (χ1n) is 8.79. The molecule has 6 nitrogen and oxygen atoms in total. The summed E-state index contributed by atoms with van der Waals surface area (Å²) in [7, 11) is 0. The molecule has 1 aliphatic heterocycles. The summed E-state index contributed by atoms with van der Waals surface area (Å²) in [5, 5.41) is 13.2. The fourth-order valence-electron chi connectivity index (χ4n) is 3.20. The molecule has 3 aromatic rings. The van der Waals surface area contributed by atoms with Crippen molar-refractivity contribution >= 4 is 34.8 Å². The summed E-state index contributed by atoms with van der Waals surface area (Å²) < 4.78 is 1.89. The van der Waals surface area contributed by atoms with Crippen LogP contribution in [-0.4, -0.2) is 33.8 Å². The number of hydrogen-bond donors (Lipinski definition) is 2. The second-order valence-corrected chi connectivity index (χ2v) is 7.35. The Morgan fingerprint density at radius 1 is 1.33 bits per heavy atom. The Kier molecular flexibility index (Phi) is 6.26. The van der Waals surface area contributed by atoms with Gasteiger partial charge in [0.15, 0.2) is 10.8 Å². The zero-order chi connectivity index (χ0) is 17.9. The number of halogens is 1. The van der Waals surface area contributed by atoms with Crippen LogP contribution >= 0.6 is 23.7 Å². The summed E-state index contributed by atoms with van der Waals surface area (Å²) in [5.74, 6) is -0.224. The fraction of sp³-hybridized carbons (Fsp3) is 0.316. The Labute approximate surface area is 168 Å². The van der Waals surface area contributed by atoms with Crippen molar-refractivity contribution in [3.8, 4) is 11.3 Å². The lowest BCUT2D eigenvalue weighted by molar-refractivity contribution is 0.102. The van der Waals surface area contributed by atoms with Gasteiger partial charge in [-0.1, -0.05) is 24.3 Å². The van der Waals surface area contributed by atoms with Crippen molar-refractivity contribution in [2.75, 3.05) is 18.4 Å². The van der Waals surface area contributed by atoms with Gasteiger partial charge in [0.25, 0.3) is 5.91 Å². The molecule has 1 atom stereocenters. The molecule has 0 saturated carbocycles. The molecule has 1 saturated heterocycles. The smallest absolute Gasteiger partial charge is 0.277 e. The molecule has 0 spiro atoms. The van der Waals surface area contributed by atoms with Crippen LogP contribution in [-0.2, 0) is 0 Å². The summed E-state index contributed by atoms with van der Waals surface area (Å²) in [5.41, 5.74) is 3.54. The van der Waals surface area contributed by atoms with Crippen LogP contribution in [0.4, 0.5) is 5.13 Å². The van der Waals surface area contributed by atoms with Gasteiger partial charge < -0.3 is 5.32 Å². The Balaban J connectivity index is 0.00000210. The minimum absolute atomic E-state index is 0. The molecule has 2 N–H and O–H groups in total. The van der Waals surface area contributed by atoms with Gasteiger partial charge in [-0.05, 0) is 37.9 Å². The monoisotopic (exact) mass is 403 g/mol. The molecular formula is C19H22ClN5OS. The SMILES string of the molecule is Cc1ccccc1-c1csc(NC(=O)c2ccn(C3CCCNC3)n2)n1.Cl. The lowest BCUT2D eigenvalue weighted by Crippen LogP contribution is -2.32. The highest BCUT2D eigenvalue weighted by atomic mass is 35.5. The fourth-order valence-corrected chi connectivity index (χ4v) is 3.90. The number of aromatic nitrogens is 3. The number of nitrogens with zero attached hydrogens (tertiary/aromatic N) is 3. The van der Waals surface area contributed by atoms with E-state index >= 15 is 0 Å². The predicted octanol–water partition coefficient (Wildman–Crippen LogP) is 3.91. The van der Waals surface area contributed by atoms with E-state index in [1.807, 2.05) is 34.5 Å². The number of amides is 1. The van der Waals surface area contributed by atoms with Gasteiger partial charge in [-0.3, -0.25) is 14.8 Å². The summed E-state index contributed by atoms with van der Waals surface area (Å²) in [4.78, 5) is 17.0. The average molecular weight is 404 g/mol. The number of thiazole rings is 1. The van der Waals surface area contributed by atoms with E-state index in [1.165, 1.54) is 11.3 Å². The predicted molar refractivity (Wildman–Crippen MR) is 111 cm³/mol. The zero-order valence-corrected chi connectivity index (χ0v) is 16.6. The van der Waals surface area contributed by atoms with Crippen molar-refractivity contribution < 1.29 is 4.79 Å². The van der Waals surface area contributed by atoms with Gasteiger partial charge >= 0.3 is 0 Å². The molecule has 0 aliphatic carbocycles. The molecule has 142 valence electrons. The van der Waals surface area contributed by atoms with Crippen LogP contribution in [0.15, 0.2) is 41.9 Å². The number of carbonyl (C=O) groups is 1. The Hall–Kier alpha value is -2.22. The van der Waals surface area contributed by atoms with Gasteiger partial charge in [-0.15, -0.1) is 23.7 Å². The van der Waals surface area contributed by atoms with Gasteiger partial charge in [-0.25, -0.2) is 4.98 Å². The average Bonchev–Trinajstić information content (AvgIpc) is 3.33. The lowest BCUT2D eigenvalue weighted by atomic mass is 10.1. The van der Waals surface area contributed by atoms with Crippen molar-refractivity contribution in [3.63, 3.8) is 0 Å². The maximum atomic E-state index is 12.5. The van der Waals surface area contributed by atoms with E-state index in [9.17, 15) is 4.79 Å². The van der Waals surface area contributed by atoms with E-state index in [2.05, 4.69) is 33.7 Å². The molecule has 1 fully saturated rings. The topological polar surface area (TPSA) is 71.8 Å². The summed E-state index contributed by atoms with van der Waals surface area (Å²) >= 11 is 1.42. The van der Waals surface area contributed by atoms with E-state index in [1.54, 1.807) is 6.07 Å². The van der Waals surface area contributed by atoms with Crippen molar-refractivity contribution in [1.82, 2.24) is 20.1 Å². The van der Waals surface area contributed by atoms with Crippen LogP contribution in [0, 0.1) is 6.92 Å². The number of rotatable bonds is 4. The number of benzene rings is 1. The molecule has 0 bridgehead atoms. The minimum atomic E-state index is -0.224. The first kappa shape index (κ1) is 19.5. The van der Waals surface area contributed by atoms with Gasteiger partial charge in [0, 0.05) is 23.7 Å². The van der Waals surface area contributed by atoms with Gasteiger partial charge in [-0.2, -0.15) is 5.10 Å².